The lowest BCUT2D eigenvalue weighted by Crippen LogP contribution is -2.62. The number of aliphatic carboxylic acids is 1. The number of hydrogen-bond donors (Lipinski definition) is 1. The van der Waals surface area contributed by atoms with Crippen molar-refractivity contribution in [3.8, 4) is 6.07 Å². The highest BCUT2D eigenvalue weighted by Crippen LogP contribution is 2.73. The second-order valence-corrected chi connectivity index (χ2v) is 14.5. The molecule has 0 aromatic rings. The fourth-order valence-electron chi connectivity index (χ4n) is 9.87. The van der Waals surface area contributed by atoms with Crippen molar-refractivity contribution in [3.63, 3.8) is 0 Å². The quantitative estimate of drug-likeness (QED) is 0.408. The van der Waals surface area contributed by atoms with Gasteiger partial charge < -0.3 is 5.11 Å². The Hall–Kier alpha value is -1.89. The molecule has 0 bridgehead atoms. The molecule has 0 aromatic carbocycles. The summed E-state index contributed by atoms with van der Waals surface area (Å²) in [7, 11) is 0. The van der Waals surface area contributed by atoms with Crippen molar-refractivity contribution in [2.75, 3.05) is 0 Å². The third-order valence-corrected chi connectivity index (χ3v) is 12.4. The Morgan fingerprint density at radius 1 is 1.03 bits per heavy atom. The Balaban J connectivity index is 1.64. The molecule has 1 N–H and O–H groups in total. The first kappa shape index (κ1) is 24.8. The number of fused-ring (bicyclic) bond motifs is 7. The minimum atomic E-state index is -0.621. The lowest BCUT2D eigenvalue weighted by molar-refractivity contribution is -0.168. The molecule has 3 saturated carbocycles. The van der Waals surface area contributed by atoms with Crippen molar-refractivity contribution in [2.24, 2.45) is 50.7 Å². The van der Waals surface area contributed by atoms with E-state index in [1.54, 1.807) is 0 Å². The van der Waals surface area contributed by atoms with E-state index >= 15 is 0 Å². The molecule has 5 rings (SSSR count). The van der Waals surface area contributed by atoms with E-state index in [0.717, 1.165) is 56.9 Å². The summed E-state index contributed by atoms with van der Waals surface area (Å²) < 4.78 is 0. The fraction of sp³-hybridized carbons (Fsp3) is 0.774. The summed E-state index contributed by atoms with van der Waals surface area (Å²) in [6.07, 6.45) is 9.82. The molecule has 0 aromatic heterocycles. The second kappa shape index (κ2) is 7.33. The van der Waals surface area contributed by atoms with Crippen LogP contribution in [0.25, 0.3) is 0 Å². The zero-order valence-corrected chi connectivity index (χ0v) is 22.8. The van der Waals surface area contributed by atoms with Gasteiger partial charge in [0.15, 0.2) is 5.78 Å². The summed E-state index contributed by atoms with van der Waals surface area (Å²) >= 11 is 0. The summed E-state index contributed by atoms with van der Waals surface area (Å²) in [5.74, 6) is 0.405. The van der Waals surface area contributed by atoms with Gasteiger partial charge in [0.05, 0.1) is 11.0 Å². The van der Waals surface area contributed by atoms with Crippen molar-refractivity contribution in [1.82, 2.24) is 0 Å². The Morgan fingerprint density at radius 3 is 2.31 bits per heavy atom. The van der Waals surface area contributed by atoms with Crippen molar-refractivity contribution in [3.05, 3.63) is 22.8 Å². The van der Waals surface area contributed by atoms with Crippen LogP contribution in [0.3, 0.4) is 0 Å². The first-order chi connectivity index (χ1) is 16.2. The van der Waals surface area contributed by atoms with Crippen molar-refractivity contribution < 1.29 is 14.7 Å². The maximum Gasteiger partial charge on any atom is 0.310 e. The highest BCUT2D eigenvalue weighted by atomic mass is 16.4. The maximum absolute atomic E-state index is 13.2. The Bertz CT molecular complexity index is 1100. The highest BCUT2D eigenvalue weighted by molar-refractivity contribution is 6.04. The Labute approximate surface area is 211 Å². The summed E-state index contributed by atoms with van der Waals surface area (Å²) in [4.78, 5) is 26.0. The van der Waals surface area contributed by atoms with Crippen molar-refractivity contribution >= 4 is 11.8 Å². The molecular formula is C31H43NO3. The average molecular weight is 478 g/mol. The maximum atomic E-state index is 13.2. The SMILES string of the molecule is CC1=C(C#N)C(=O)C(C)(C)[C@@H]2CC[C@]3(C)[C@H](CC=C4C5CC(C)(C)CC[C@]5(C(=O)O)CC[C@]43C)C12. The molecule has 5 aliphatic carbocycles. The Kier molecular flexibility index (Phi) is 5.19. The number of carboxylic acid groups (broad SMARTS) is 1. The number of nitriles is 1. The first-order valence-electron chi connectivity index (χ1n) is 13.8. The molecule has 0 spiro atoms. The molecule has 7 atom stereocenters. The molecule has 0 saturated heterocycles. The van der Waals surface area contributed by atoms with Gasteiger partial charge in [-0.05, 0) is 104 Å². The summed E-state index contributed by atoms with van der Waals surface area (Å²) in [6, 6.07) is 2.28. The van der Waals surface area contributed by atoms with Gasteiger partial charge in [0.25, 0.3) is 0 Å². The van der Waals surface area contributed by atoms with E-state index in [9.17, 15) is 20.0 Å². The molecule has 0 heterocycles. The van der Waals surface area contributed by atoms with Crippen molar-refractivity contribution in [1.29, 1.82) is 5.26 Å². The second-order valence-electron chi connectivity index (χ2n) is 14.5. The van der Waals surface area contributed by atoms with E-state index in [-0.39, 0.29) is 39.8 Å². The molecule has 190 valence electrons. The zero-order valence-electron chi connectivity index (χ0n) is 22.8. The van der Waals surface area contributed by atoms with Crippen LogP contribution >= 0.6 is 0 Å². The van der Waals surface area contributed by atoms with Gasteiger partial charge in [-0.2, -0.15) is 5.26 Å². The topological polar surface area (TPSA) is 78.2 Å². The standard InChI is InChI=1S/C31H43NO3/c1-18-19(17-32)25(33)28(4,5)21-10-11-29(6)22(24(18)21)9-8-20-23-16-27(2,3)12-14-31(23,26(34)35)15-13-30(20,29)7/h8,21-24H,9-16H2,1-7H3,(H,34,35)/t21-,22-,23?,24?,29-,30-,31+/m1/s1. The van der Waals surface area contributed by atoms with Gasteiger partial charge in [0.2, 0.25) is 0 Å². The lowest BCUT2D eigenvalue weighted by Gasteiger charge is -2.67. The molecule has 4 heteroatoms. The van der Waals surface area contributed by atoms with E-state index in [2.05, 4.69) is 53.7 Å². The summed E-state index contributed by atoms with van der Waals surface area (Å²) in [5, 5.41) is 20.4. The minimum absolute atomic E-state index is 0.0222. The predicted octanol–water partition coefficient (Wildman–Crippen LogP) is 7.11. The monoisotopic (exact) mass is 477 g/mol. The molecule has 0 radical (unpaired) electrons. The van der Waals surface area contributed by atoms with Crippen LogP contribution in [0.1, 0.15) is 99.8 Å². The number of carboxylic acids is 1. The van der Waals surface area contributed by atoms with Crippen molar-refractivity contribution in [2.45, 2.75) is 99.8 Å². The average Bonchev–Trinajstić information content (AvgIpc) is 2.77. The van der Waals surface area contributed by atoms with Crippen LogP contribution in [-0.4, -0.2) is 16.9 Å². The van der Waals surface area contributed by atoms with Gasteiger partial charge in [-0.25, -0.2) is 0 Å². The number of hydrogen-bond acceptors (Lipinski definition) is 3. The van der Waals surface area contributed by atoms with Gasteiger partial charge >= 0.3 is 5.97 Å². The van der Waals surface area contributed by atoms with E-state index in [4.69, 9.17) is 0 Å². The number of ketones is 1. The summed E-state index contributed by atoms with van der Waals surface area (Å²) in [5.41, 5.74) is 1.83. The number of carbonyl (C=O) groups excluding carboxylic acids is 1. The lowest BCUT2D eigenvalue weighted by atomic mass is 9.36. The zero-order chi connectivity index (χ0) is 25.8. The van der Waals surface area contributed by atoms with Gasteiger partial charge in [-0.3, -0.25) is 9.59 Å². The van der Waals surface area contributed by atoms with E-state index in [1.807, 2.05) is 6.92 Å². The largest absolute Gasteiger partial charge is 0.481 e. The van der Waals surface area contributed by atoms with Crippen LogP contribution in [-0.2, 0) is 9.59 Å². The molecule has 3 fully saturated rings. The number of carbonyl (C=O) groups is 2. The van der Waals surface area contributed by atoms with Crippen LogP contribution < -0.4 is 0 Å². The first-order valence-corrected chi connectivity index (χ1v) is 13.8. The predicted molar refractivity (Wildman–Crippen MR) is 136 cm³/mol. The molecule has 35 heavy (non-hydrogen) atoms. The molecule has 0 amide bonds. The number of Topliss-reactive ketones (excluding diaryl/α,β-unsaturated/α-hetero) is 1. The molecule has 4 nitrogen and oxygen atoms in total. The third kappa shape index (κ3) is 2.96. The van der Waals surface area contributed by atoms with Crippen LogP contribution in [0.2, 0.25) is 0 Å². The smallest absolute Gasteiger partial charge is 0.310 e. The van der Waals surface area contributed by atoms with Crippen LogP contribution in [0.15, 0.2) is 22.8 Å². The molecule has 2 unspecified atom stereocenters. The van der Waals surface area contributed by atoms with E-state index in [1.165, 1.54) is 5.57 Å². The Morgan fingerprint density at radius 2 is 1.69 bits per heavy atom. The van der Waals surface area contributed by atoms with Gasteiger partial charge in [-0.1, -0.05) is 53.2 Å². The van der Waals surface area contributed by atoms with Crippen LogP contribution in [0.4, 0.5) is 0 Å². The third-order valence-electron chi connectivity index (χ3n) is 12.4. The fourth-order valence-corrected chi connectivity index (χ4v) is 9.87. The number of rotatable bonds is 1. The normalized spacial score (nSPS) is 45.8. The molecule has 0 aliphatic heterocycles. The number of nitrogens with zero attached hydrogens (tertiary/aromatic N) is 1. The van der Waals surface area contributed by atoms with E-state index < -0.39 is 16.8 Å². The van der Waals surface area contributed by atoms with Crippen LogP contribution in [0, 0.1) is 62.1 Å². The number of allylic oxidation sites excluding steroid dienone is 4. The minimum Gasteiger partial charge on any atom is -0.481 e. The van der Waals surface area contributed by atoms with Crippen LogP contribution in [0.5, 0.6) is 0 Å². The molecular weight excluding hydrogens is 434 g/mol. The van der Waals surface area contributed by atoms with E-state index in [0.29, 0.717) is 11.5 Å². The van der Waals surface area contributed by atoms with Gasteiger partial charge in [0, 0.05) is 5.41 Å². The highest BCUT2D eigenvalue weighted by Gasteiger charge is 2.67. The van der Waals surface area contributed by atoms with Gasteiger partial charge in [-0.15, -0.1) is 0 Å². The van der Waals surface area contributed by atoms with Gasteiger partial charge in [0.1, 0.15) is 6.07 Å². The molecule has 5 aliphatic rings. The summed E-state index contributed by atoms with van der Waals surface area (Å²) in [6.45, 7) is 15.7.